The van der Waals surface area contributed by atoms with Crippen molar-refractivity contribution in [1.82, 2.24) is 4.90 Å². The predicted molar refractivity (Wildman–Crippen MR) is 130 cm³/mol. The van der Waals surface area contributed by atoms with Gasteiger partial charge in [0.05, 0.1) is 13.2 Å². The number of aliphatic hydroxyl groups is 1. The van der Waals surface area contributed by atoms with E-state index in [1.54, 1.807) is 0 Å². The second kappa shape index (κ2) is 11.1. The molecule has 3 aromatic carbocycles. The number of β-amino-alcohol motifs (C(OH)–C–C–N with tert-alkyl or cyclic N) is 1. The van der Waals surface area contributed by atoms with Gasteiger partial charge in [-0.05, 0) is 46.9 Å². The first-order chi connectivity index (χ1) is 15.7. The summed E-state index contributed by atoms with van der Waals surface area (Å²) in [5.74, 6) is 0.763. The Hall–Kier alpha value is -2.92. The number of nitrogens with zero attached hydrogens (tertiary/aromatic N) is 1. The van der Waals surface area contributed by atoms with Crippen molar-refractivity contribution in [3.05, 3.63) is 102 Å². The Kier molecular flexibility index (Phi) is 7.73. The fourth-order valence-electron chi connectivity index (χ4n) is 4.08. The number of hydrogen-bond acceptors (Lipinski definition) is 4. The summed E-state index contributed by atoms with van der Waals surface area (Å²) < 4.78 is 11.2. The van der Waals surface area contributed by atoms with Gasteiger partial charge in [-0.15, -0.1) is 0 Å². The van der Waals surface area contributed by atoms with Crippen LogP contribution in [-0.4, -0.2) is 55.6 Å². The molecule has 32 heavy (non-hydrogen) atoms. The van der Waals surface area contributed by atoms with Crippen LogP contribution in [0.5, 0.6) is 5.75 Å². The van der Waals surface area contributed by atoms with Gasteiger partial charge in [0.15, 0.2) is 0 Å². The van der Waals surface area contributed by atoms with Gasteiger partial charge in [0.2, 0.25) is 0 Å². The summed E-state index contributed by atoms with van der Waals surface area (Å²) in [5, 5.41) is 10.3. The Morgan fingerprint density at radius 1 is 0.844 bits per heavy atom. The Morgan fingerprint density at radius 3 is 2.03 bits per heavy atom. The zero-order valence-corrected chi connectivity index (χ0v) is 18.6. The first kappa shape index (κ1) is 22.3. The van der Waals surface area contributed by atoms with Gasteiger partial charge < -0.3 is 14.6 Å². The minimum Gasteiger partial charge on any atom is -0.491 e. The molecule has 0 aliphatic carbocycles. The zero-order valence-electron chi connectivity index (χ0n) is 18.6. The molecule has 1 unspecified atom stereocenters. The summed E-state index contributed by atoms with van der Waals surface area (Å²) in [6.45, 7) is 6.25. The molecule has 0 amide bonds. The van der Waals surface area contributed by atoms with Gasteiger partial charge in [0.25, 0.3) is 0 Å². The fraction of sp³-hybridized carbons (Fsp3) is 0.286. The minimum atomic E-state index is -0.520. The van der Waals surface area contributed by atoms with E-state index >= 15 is 0 Å². The van der Waals surface area contributed by atoms with Gasteiger partial charge in [0.1, 0.15) is 18.5 Å². The smallest absolute Gasteiger partial charge is 0.119 e. The third-order valence-electron chi connectivity index (χ3n) is 5.80. The Balaban J connectivity index is 1.49. The molecule has 166 valence electrons. The topological polar surface area (TPSA) is 41.9 Å². The molecule has 0 bridgehead atoms. The monoisotopic (exact) mass is 429 g/mol. The molecular formula is C28H31NO3. The predicted octanol–water partition coefficient (Wildman–Crippen LogP) is 4.74. The SMILES string of the molecule is C/C(=C(/c1ccccc1)c1ccc(OCC(O)CN2CCOCC2)cc1)c1ccccc1. The third kappa shape index (κ3) is 5.86. The van der Waals surface area contributed by atoms with Gasteiger partial charge in [-0.25, -0.2) is 0 Å². The maximum absolute atomic E-state index is 10.3. The molecule has 1 fully saturated rings. The van der Waals surface area contributed by atoms with Crippen molar-refractivity contribution in [2.45, 2.75) is 13.0 Å². The number of aliphatic hydroxyl groups excluding tert-OH is 1. The minimum absolute atomic E-state index is 0.279. The molecule has 4 heteroatoms. The lowest BCUT2D eigenvalue weighted by molar-refractivity contribution is 0.00465. The molecule has 1 aliphatic rings. The second-order valence-electron chi connectivity index (χ2n) is 8.13. The Morgan fingerprint density at radius 2 is 1.41 bits per heavy atom. The van der Waals surface area contributed by atoms with Crippen molar-refractivity contribution < 1.29 is 14.6 Å². The molecule has 1 heterocycles. The van der Waals surface area contributed by atoms with Crippen LogP contribution in [0.4, 0.5) is 0 Å². The van der Waals surface area contributed by atoms with Crippen molar-refractivity contribution in [2.24, 2.45) is 0 Å². The third-order valence-corrected chi connectivity index (χ3v) is 5.80. The summed E-state index contributed by atoms with van der Waals surface area (Å²) in [6, 6.07) is 29.1. The van der Waals surface area contributed by atoms with Crippen LogP contribution >= 0.6 is 0 Å². The maximum Gasteiger partial charge on any atom is 0.119 e. The number of ether oxygens (including phenoxy) is 2. The summed E-state index contributed by atoms with van der Waals surface area (Å²) in [6.07, 6.45) is -0.520. The first-order valence-corrected chi connectivity index (χ1v) is 11.2. The number of morpholine rings is 1. The quantitative estimate of drug-likeness (QED) is 0.526. The van der Waals surface area contributed by atoms with Crippen molar-refractivity contribution in [3.8, 4) is 5.75 Å². The summed E-state index contributed by atoms with van der Waals surface area (Å²) in [5.41, 5.74) is 5.96. The molecule has 0 aromatic heterocycles. The fourth-order valence-corrected chi connectivity index (χ4v) is 4.08. The summed E-state index contributed by atoms with van der Waals surface area (Å²) in [4.78, 5) is 2.21. The average Bonchev–Trinajstić information content (AvgIpc) is 2.85. The lowest BCUT2D eigenvalue weighted by atomic mass is 9.90. The van der Waals surface area contributed by atoms with E-state index in [1.807, 2.05) is 24.3 Å². The van der Waals surface area contributed by atoms with Crippen LogP contribution in [-0.2, 0) is 4.74 Å². The molecule has 4 nitrogen and oxygen atoms in total. The van der Waals surface area contributed by atoms with E-state index in [9.17, 15) is 5.11 Å². The van der Waals surface area contributed by atoms with Crippen LogP contribution in [0.25, 0.3) is 11.1 Å². The highest BCUT2D eigenvalue weighted by Gasteiger charge is 2.16. The van der Waals surface area contributed by atoms with Crippen molar-refractivity contribution in [3.63, 3.8) is 0 Å². The molecule has 1 N–H and O–H groups in total. The van der Waals surface area contributed by atoms with Gasteiger partial charge >= 0.3 is 0 Å². The van der Waals surface area contributed by atoms with Gasteiger partial charge in [-0.2, -0.15) is 0 Å². The van der Waals surface area contributed by atoms with Crippen LogP contribution < -0.4 is 4.74 Å². The zero-order chi connectivity index (χ0) is 22.2. The second-order valence-corrected chi connectivity index (χ2v) is 8.13. The molecule has 1 aliphatic heterocycles. The first-order valence-electron chi connectivity index (χ1n) is 11.2. The molecular weight excluding hydrogens is 398 g/mol. The normalized spacial score (nSPS) is 16.3. The maximum atomic E-state index is 10.3. The molecule has 4 rings (SSSR count). The highest BCUT2D eigenvalue weighted by molar-refractivity contribution is 5.97. The van der Waals surface area contributed by atoms with E-state index in [4.69, 9.17) is 9.47 Å². The van der Waals surface area contributed by atoms with Crippen LogP contribution in [0.1, 0.15) is 23.6 Å². The van der Waals surface area contributed by atoms with Crippen LogP contribution in [0, 0.1) is 0 Å². The van der Waals surface area contributed by atoms with E-state index in [2.05, 4.69) is 72.5 Å². The Labute approximate surface area is 190 Å². The molecule has 0 spiro atoms. The average molecular weight is 430 g/mol. The highest BCUT2D eigenvalue weighted by atomic mass is 16.5. The van der Waals surface area contributed by atoms with E-state index < -0.39 is 6.10 Å². The number of benzene rings is 3. The standard InChI is InChI=1S/C28H31NO3/c1-22(23-8-4-2-5-9-23)28(24-10-6-3-7-11-24)25-12-14-27(15-13-25)32-21-26(30)20-29-16-18-31-19-17-29/h2-15,26,30H,16-21H2,1H3/b28-22+. The molecule has 1 saturated heterocycles. The summed E-state index contributed by atoms with van der Waals surface area (Å²) >= 11 is 0. The lowest BCUT2D eigenvalue weighted by Gasteiger charge is -2.28. The van der Waals surface area contributed by atoms with Gasteiger partial charge in [-0.1, -0.05) is 72.8 Å². The summed E-state index contributed by atoms with van der Waals surface area (Å²) in [7, 11) is 0. The molecule has 0 saturated carbocycles. The number of allylic oxidation sites excluding steroid dienone is 1. The van der Waals surface area contributed by atoms with E-state index in [0.29, 0.717) is 6.54 Å². The van der Waals surface area contributed by atoms with E-state index in [-0.39, 0.29) is 6.61 Å². The molecule has 0 radical (unpaired) electrons. The van der Waals surface area contributed by atoms with E-state index in [0.717, 1.165) is 37.6 Å². The van der Waals surface area contributed by atoms with Crippen LogP contribution in [0.2, 0.25) is 0 Å². The van der Waals surface area contributed by atoms with E-state index in [1.165, 1.54) is 22.3 Å². The largest absolute Gasteiger partial charge is 0.491 e. The highest BCUT2D eigenvalue weighted by Crippen LogP contribution is 2.32. The van der Waals surface area contributed by atoms with Crippen LogP contribution in [0.15, 0.2) is 84.9 Å². The van der Waals surface area contributed by atoms with Crippen molar-refractivity contribution in [1.29, 1.82) is 0 Å². The number of hydrogen-bond donors (Lipinski definition) is 1. The lowest BCUT2D eigenvalue weighted by Crippen LogP contribution is -2.42. The van der Waals surface area contributed by atoms with Gasteiger partial charge in [0, 0.05) is 19.6 Å². The Bertz CT molecular complexity index is 994. The number of rotatable bonds is 8. The van der Waals surface area contributed by atoms with Gasteiger partial charge in [-0.3, -0.25) is 4.90 Å². The molecule has 1 atom stereocenters. The van der Waals surface area contributed by atoms with Crippen molar-refractivity contribution in [2.75, 3.05) is 39.5 Å². The van der Waals surface area contributed by atoms with Crippen LogP contribution in [0.3, 0.4) is 0 Å². The van der Waals surface area contributed by atoms with Crippen molar-refractivity contribution >= 4 is 11.1 Å². The molecule has 3 aromatic rings.